The van der Waals surface area contributed by atoms with Gasteiger partial charge in [-0.25, -0.2) is 12.8 Å². The lowest BCUT2D eigenvalue weighted by Gasteiger charge is -2.20. The molecule has 0 heterocycles. The van der Waals surface area contributed by atoms with Gasteiger partial charge in [0.15, 0.2) is 0 Å². The van der Waals surface area contributed by atoms with E-state index >= 15 is 0 Å². The molecule has 0 aliphatic rings. The van der Waals surface area contributed by atoms with Crippen molar-refractivity contribution in [3.63, 3.8) is 0 Å². The molecule has 0 saturated carbocycles. The van der Waals surface area contributed by atoms with Gasteiger partial charge in [-0.2, -0.15) is 4.72 Å². The monoisotopic (exact) mass is 426 g/mol. The second-order valence-corrected chi connectivity index (χ2v) is 8.84. The van der Waals surface area contributed by atoms with Gasteiger partial charge in [0.2, 0.25) is 15.9 Å². The highest BCUT2D eigenvalue weighted by atomic mass is 32.2. The Labute approximate surface area is 176 Å². The van der Waals surface area contributed by atoms with Crippen LogP contribution in [0.25, 0.3) is 0 Å². The molecule has 0 bridgehead atoms. The third kappa shape index (κ3) is 5.52. The Bertz CT molecular complexity index is 1130. The van der Waals surface area contributed by atoms with Crippen LogP contribution in [0.4, 0.5) is 10.1 Å². The summed E-state index contributed by atoms with van der Waals surface area (Å²) in [4.78, 5) is 12.9. The van der Waals surface area contributed by atoms with E-state index in [2.05, 4.69) is 10.0 Å². The molecule has 156 valence electrons. The zero-order valence-electron chi connectivity index (χ0n) is 16.7. The predicted octanol–water partition coefficient (Wildman–Crippen LogP) is 3.97. The van der Waals surface area contributed by atoms with Crippen LogP contribution in [0.5, 0.6) is 0 Å². The highest BCUT2D eigenvalue weighted by Crippen LogP contribution is 2.18. The topological polar surface area (TPSA) is 75.3 Å². The fourth-order valence-corrected chi connectivity index (χ4v) is 4.19. The van der Waals surface area contributed by atoms with E-state index in [1.807, 2.05) is 62.4 Å². The number of anilines is 1. The Balaban J connectivity index is 1.88. The van der Waals surface area contributed by atoms with E-state index in [9.17, 15) is 17.6 Å². The van der Waals surface area contributed by atoms with Gasteiger partial charge in [0.1, 0.15) is 11.9 Å². The summed E-state index contributed by atoms with van der Waals surface area (Å²) in [7, 11) is -4.03. The first-order chi connectivity index (χ1) is 14.2. The molecular weight excluding hydrogens is 403 g/mol. The SMILES string of the molecule is Cc1ccc(C)c(NC(=O)C(Cc2ccccc2)NS(=O)(=O)c2ccc(F)cc2)c1. The maximum Gasteiger partial charge on any atom is 0.242 e. The minimum absolute atomic E-state index is 0.110. The number of nitrogens with one attached hydrogen (secondary N) is 2. The predicted molar refractivity (Wildman–Crippen MR) is 115 cm³/mol. The molecule has 7 heteroatoms. The molecule has 5 nitrogen and oxygen atoms in total. The van der Waals surface area contributed by atoms with Crippen LogP contribution in [-0.2, 0) is 21.2 Å². The molecule has 1 atom stereocenters. The van der Waals surface area contributed by atoms with Gasteiger partial charge in [0.05, 0.1) is 4.90 Å². The zero-order chi connectivity index (χ0) is 21.7. The van der Waals surface area contributed by atoms with E-state index in [0.29, 0.717) is 5.69 Å². The average Bonchev–Trinajstić information content (AvgIpc) is 2.71. The first-order valence-electron chi connectivity index (χ1n) is 9.44. The number of benzene rings is 3. The maximum atomic E-state index is 13.2. The van der Waals surface area contributed by atoms with Crippen molar-refractivity contribution in [3.8, 4) is 0 Å². The fraction of sp³-hybridized carbons (Fsp3) is 0.174. The lowest BCUT2D eigenvalue weighted by molar-refractivity contribution is -0.117. The number of sulfonamides is 1. The van der Waals surface area contributed by atoms with Gasteiger partial charge in [0.25, 0.3) is 0 Å². The molecule has 0 saturated heterocycles. The molecule has 0 radical (unpaired) electrons. The molecular formula is C23H23FN2O3S. The molecule has 3 aromatic carbocycles. The minimum atomic E-state index is -4.03. The van der Waals surface area contributed by atoms with Gasteiger partial charge in [-0.3, -0.25) is 4.79 Å². The van der Waals surface area contributed by atoms with Crippen LogP contribution in [0.1, 0.15) is 16.7 Å². The second-order valence-electron chi connectivity index (χ2n) is 7.13. The first kappa shape index (κ1) is 21.7. The summed E-state index contributed by atoms with van der Waals surface area (Å²) in [5.74, 6) is -1.01. The van der Waals surface area contributed by atoms with E-state index in [1.165, 1.54) is 12.1 Å². The molecule has 0 aliphatic heterocycles. The summed E-state index contributed by atoms with van der Waals surface area (Å²) in [6.07, 6.45) is 0.165. The van der Waals surface area contributed by atoms with Crippen LogP contribution in [0.15, 0.2) is 77.7 Å². The first-order valence-corrected chi connectivity index (χ1v) is 10.9. The zero-order valence-corrected chi connectivity index (χ0v) is 17.5. The Hall–Kier alpha value is -3.03. The number of amides is 1. The second kappa shape index (κ2) is 9.19. The van der Waals surface area contributed by atoms with Gasteiger partial charge < -0.3 is 5.32 Å². The fourth-order valence-electron chi connectivity index (χ4n) is 3.00. The third-order valence-corrected chi connectivity index (χ3v) is 6.16. The summed E-state index contributed by atoms with van der Waals surface area (Å²) in [5.41, 5.74) is 3.27. The summed E-state index contributed by atoms with van der Waals surface area (Å²) in [5, 5.41) is 2.83. The van der Waals surface area contributed by atoms with E-state index in [1.54, 1.807) is 0 Å². The van der Waals surface area contributed by atoms with Crippen molar-refractivity contribution in [2.75, 3.05) is 5.32 Å². The van der Waals surface area contributed by atoms with Crippen molar-refractivity contribution in [2.24, 2.45) is 0 Å². The molecule has 0 aromatic heterocycles. The molecule has 0 spiro atoms. The van der Waals surface area contributed by atoms with Crippen LogP contribution in [0.3, 0.4) is 0 Å². The molecule has 1 amide bonds. The molecule has 1 unspecified atom stereocenters. The highest BCUT2D eigenvalue weighted by Gasteiger charge is 2.26. The van der Waals surface area contributed by atoms with Crippen LogP contribution in [0.2, 0.25) is 0 Å². The van der Waals surface area contributed by atoms with Gasteiger partial charge in [-0.05, 0) is 67.3 Å². The molecule has 0 fully saturated rings. The molecule has 3 aromatic rings. The number of carbonyl (C=O) groups is 1. The minimum Gasteiger partial charge on any atom is -0.324 e. The molecule has 0 aliphatic carbocycles. The Morgan fingerprint density at radius 2 is 1.63 bits per heavy atom. The van der Waals surface area contributed by atoms with Crippen molar-refractivity contribution in [3.05, 3.63) is 95.3 Å². The van der Waals surface area contributed by atoms with Crippen molar-refractivity contribution in [1.29, 1.82) is 0 Å². The lowest BCUT2D eigenvalue weighted by atomic mass is 10.1. The van der Waals surface area contributed by atoms with Crippen LogP contribution >= 0.6 is 0 Å². The number of rotatable bonds is 7. The van der Waals surface area contributed by atoms with Crippen molar-refractivity contribution >= 4 is 21.6 Å². The maximum absolute atomic E-state index is 13.2. The quantitative estimate of drug-likeness (QED) is 0.600. The number of aryl methyl sites for hydroxylation is 2. The van der Waals surface area contributed by atoms with Crippen molar-refractivity contribution in [1.82, 2.24) is 4.72 Å². The largest absolute Gasteiger partial charge is 0.324 e. The Kier molecular flexibility index (Phi) is 6.64. The van der Waals surface area contributed by atoms with Crippen LogP contribution in [-0.4, -0.2) is 20.4 Å². The Morgan fingerprint density at radius 3 is 2.30 bits per heavy atom. The van der Waals surface area contributed by atoms with E-state index in [4.69, 9.17) is 0 Å². The van der Waals surface area contributed by atoms with Gasteiger partial charge in [0, 0.05) is 5.69 Å². The number of carbonyl (C=O) groups excluding carboxylic acids is 1. The molecule has 2 N–H and O–H groups in total. The summed E-state index contributed by atoms with van der Waals surface area (Å²) < 4.78 is 41.3. The number of hydrogen-bond donors (Lipinski definition) is 2. The summed E-state index contributed by atoms with van der Waals surface area (Å²) in [6.45, 7) is 3.78. The van der Waals surface area contributed by atoms with Gasteiger partial charge in [-0.1, -0.05) is 42.5 Å². The van der Waals surface area contributed by atoms with Crippen LogP contribution in [0, 0.1) is 19.7 Å². The van der Waals surface area contributed by atoms with E-state index in [-0.39, 0.29) is 11.3 Å². The van der Waals surface area contributed by atoms with Gasteiger partial charge >= 0.3 is 0 Å². The molecule has 3 rings (SSSR count). The van der Waals surface area contributed by atoms with Gasteiger partial charge in [-0.15, -0.1) is 0 Å². The number of halogens is 1. The standard InChI is InChI=1S/C23H23FN2O3S/c1-16-8-9-17(2)21(14-16)25-23(27)22(15-18-6-4-3-5-7-18)26-30(28,29)20-12-10-19(24)11-13-20/h3-14,22,26H,15H2,1-2H3,(H,25,27). The summed E-state index contributed by atoms with van der Waals surface area (Å²) >= 11 is 0. The average molecular weight is 427 g/mol. The summed E-state index contributed by atoms with van der Waals surface area (Å²) in [6, 6.07) is 18.2. The number of hydrogen-bond acceptors (Lipinski definition) is 3. The van der Waals surface area contributed by atoms with E-state index in [0.717, 1.165) is 28.8 Å². The normalized spacial score (nSPS) is 12.4. The van der Waals surface area contributed by atoms with Crippen molar-refractivity contribution < 1.29 is 17.6 Å². The Morgan fingerprint density at radius 1 is 0.967 bits per heavy atom. The smallest absolute Gasteiger partial charge is 0.242 e. The van der Waals surface area contributed by atoms with Crippen LogP contribution < -0.4 is 10.0 Å². The third-order valence-electron chi connectivity index (χ3n) is 4.67. The van der Waals surface area contributed by atoms with Crippen molar-refractivity contribution in [2.45, 2.75) is 31.2 Å². The molecule has 30 heavy (non-hydrogen) atoms. The van der Waals surface area contributed by atoms with E-state index < -0.39 is 27.8 Å². The highest BCUT2D eigenvalue weighted by molar-refractivity contribution is 7.89. The lowest BCUT2D eigenvalue weighted by Crippen LogP contribution is -2.45.